The largest absolute Gasteiger partial charge is 0.462 e. The zero-order valence-corrected chi connectivity index (χ0v) is 41.3. The highest BCUT2D eigenvalue weighted by Crippen LogP contribution is 2.16. The molecular weight excluding hydrogens is 781 g/mol. The van der Waals surface area contributed by atoms with Gasteiger partial charge in [0.25, 0.3) is 0 Å². The van der Waals surface area contributed by atoms with Crippen molar-refractivity contribution in [1.82, 2.24) is 0 Å². The van der Waals surface area contributed by atoms with Crippen LogP contribution in [-0.4, -0.2) is 37.2 Å². The molecule has 362 valence electrons. The first-order valence-corrected chi connectivity index (χ1v) is 26.5. The van der Waals surface area contributed by atoms with Crippen molar-refractivity contribution in [2.24, 2.45) is 0 Å². The van der Waals surface area contributed by atoms with E-state index in [0.717, 1.165) is 116 Å². The molecule has 0 aromatic heterocycles. The molecule has 63 heavy (non-hydrogen) atoms. The van der Waals surface area contributed by atoms with Crippen LogP contribution in [0.25, 0.3) is 0 Å². The molecule has 0 spiro atoms. The van der Waals surface area contributed by atoms with Crippen molar-refractivity contribution in [3.8, 4) is 0 Å². The number of hydrogen-bond acceptors (Lipinski definition) is 6. The van der Waals surface area contributed by atoms with Gasteiger partial charge in [0.05, 0.1) is 0 Å². The monoisotopic (exact) mass is 879 g/mol. The number of ether oxygens (including phenoxy) is 3. The molecule has 0 fully saturated rings. The van der Waals surface area contributed by atoms with E-state index in [0.29, 0.717) is 19.3 Å². The summed E-state index contributed by atoms with van der Waals surface area (Å²) in [4.78, 5) is 38.0. The number of rotatable bonds is 47. The molecule has 0 bridgehead atoms. The van der Waals surface area contributed by atoms with E-state index < -0.39 is 6.10 Å². The molecule has 0 heterocycles. The van der Waals surface area contributed by atoms with E-state index in [1.165, 1.54) is 96.3 Å². The predicted molar refractivity (Wildman–Crippen MR) is 270 cm³/mol. The Hall–Kier alpha value is -3.15. The summed E-state index contributed by atoms with van der Waals surface area (Å²) < 4.78 is 16.8. The Morgan fingerprint density at radius 3 is 1.14 bits per heavy atom. The molecule has 0 aliphatic carbocycles. The molecule has 0 amide bonds. The minimum atomic E-state index is -0.791. The molecule has 0 radical (unpaired) electrons. The first kappa shape index (κ1) is 59.9. The minimum Gasteiger partial charge on any atom is -0.462 e. The van der Waals surface area contributed by atoms with E-state index in [9.17, 15) is 14.4 Å². The van der Waals surface area contributed by atoms with Crippen molar-refractivity contribution < 1.29 is 28.6 Å². The lowest BCUT2D eigenvalue weighted by Gasteiger charge is -2.18. The molecule has 1 unspecified atom stereocenters. The van der Waals surface area contributed by atoms with Crippen LogP contribution in [0, 0.1) is 0 Å². The van der Waals surface area contributed by atoms with Gasteiger partial charge in [-0.05, 0) is 64.2 Å². The number of unbranched alkanes of at least 4 members (excludes halogenated alkanes) is 27. The smallest absolute Gasteiger partial charge is 0.306 e. The second-order valence-corrected chi connectivity index (χ2v) is 17.5. The van der Waals surface area contributed by atoms with Crippen molar-refractivity contribution in [3.63, 3.8) is 0 Å². The van der Waals surface area contributed by atoms with Gasteiger partial charge in [0.1, 0.15) is 13.2 Å². The predicted octanol–water partition coefficient (Wildman–Crippen LogP) is 17.4. The van der Waals surface area contributed by atoms with Crippen molar-refractivity contribution >= 4 is 17.9 Å². The van der Waals surface area contributed by atoms with Gasteiger partial charge in [0, 0.05) is 19.3 Å². The summed E-state index contributed by atoms with van der Waals surface area (Å²) in [6.45, 7) is 6.37. The maximum atomic E-state index is 12.8. The fraction of sp³-hybridized carbons (Fsp3) is 0.737. The summed E-state index contributed by atoms with van der Waals surface area (Å²) >= 11 is 0. The van der Waals surface area contributed by atoms with Crippen LogP contribution in [0.15, 0.2) is 72.9 Å². The molecule has 1 atom stereocenters. The summed E-state index contributed by atoms with van der Waals surface area (Å²) in [5.74, 6) is -0.922. The number of carbonyl (C=O) groups excluding carboxylic acids is 3. The van der Waals surface area contributed by atoms with Crippen molar-refractivity contribution in [1.29, 1.82) is 0 Å². The maximum Gasteiger partial charge on any atom is 0.306 e. The summed E-state index contributed by atoms with van der Waals surface area (Å²) in [5.41, 5.74) is 0. The van der Waals surface area contributed by atoms with Crippen molar-refractivity contribution in [2.45, 2.75) is 258 Å². The van der Waals surface area contributed by atoms with E-state index in [4.69, 9.17) is 14.2 Å². The van der Waals surface area contributed by atoms with Gasteiger partial charge < -0.3 is 14.2 Å². The average molecular weight is 879 g/mol. The van der Waals surface area contributed by atoms with E-state index >= 15 is 0 Å². The van der Waals surface area contributed by atoms with Gasteiger partial charge in [-0.25, -0.2) is 0 Å². The Morgan fingerprint density at radius 1 is 0.349 bits per heavy atom. The number of hydrogen-bond donors (Lipinski definition) is 0. The highest BCUT2D eigenvalue weighted by molar-refractivity contribution is 5.71. The first-order chi connectivity index (χ1) is 31.0. The molecule has 0 N–H and O–H groups in total. The normalized spacial score (nSPS) is 12.6. The third kappa shape index (κ3) is 49.7. The number of carbonyl (C=O) groups is 3. The Labute approximate surface area is 389 Å². The maximum absolute atomic E-state index is 12.8. The standard InChI is InChI=1S/C57H98O6/c1-4-7-10-13-16-19-22-25-27-28-29-31-32-35-38-41-44-47-50-56(59)62-53-54(52-61-55(58)49-46-43-40-37-34-24-21-18-15-12-9-6-3)63-57(60)51-48-45-42-39-36-33-30-26-23-20-17-14-11-8-5-2/h8-9,11-12,14,17-18,20-21,23,26,30,54H,4-7,10,13,15-16,19,22,24-25,27-29,31-53H2,1-3H3/b11-8-,12-9-,17-14-,21-18-,23-20-,30-26-. The zero-order valence-electron chi connectivity index (χ0n) is 41.3. The molecule has 0 aliphatic rings. The molecular formula is C57H98O6. The van der Waals surface area contributed by atoms with Crippen LogP contribution in [0.3, 0.4) is 0 Å². The lowest BCUT2D eigenvalue weighted by Crippen LogP contribution is -2.30. The third-order valence-corrected chi connectivity index (χ3v) is 11.3. The Morgan fingerprint density at radius 2 is 0.698 bits per heavy atom. The Bertz CT molecular complexity index is 1190. The molecule has 6 nitrogen and oxygen atoms in total. The van der Waals surface area contributed by atoms with E-state index in [2.05, 4.69) is 75.5 Å². The fourth-order valence-corrected chi connectivity index (χ4v) is 7.37. The van der Waals surface area contributed by atoms with Gasteiger partial charge in [0.15, 0.2) is 6.10 Å². The lowest BCUT2D eigenvalue weighted by atomic mass is 10.0. The highest BCUT2D eigenvalue weighted by atomic mass is 16.6. The van der Waals surface area contributed by atoms with Crippen LogP contribution >= 0.6 is 0 Å². The van der Waals surface area contributed by atoms with Crippen LogP contribution in [0.1, 0.15) is 252 Å². The van der Waals surface area contributed by atoms with Crippen LogP contribution in [0.4, 0.5) is 0 Å². The van der Waals surface area contributed by atoms with Gasteiger partial charge in [-0.3, -0.25) is 14.4 Å². The average Bonchev–Trinajstić information content (AvgIpc) is 3.28. The number of esters is 3. The first-order valence-electron chi connectivity index (χ1n) is 26.5. The summed E-state index contributed by atoms with van der Waals surface area (Å²) in [5, 5.41) is 0. The van der Waals surface area contributed by atoms with Gasteiger partial charge in [-0.2, -0.15) is 0 Å². The topological polar surface area (TPSA) is 78.9 Å². The lowest BCUT2D eigenvalue weighted by molar-refractivity contribution is -0.167. The van der Waals surface area contributed by atoms with Gasteiger partial charge >= 0.3 is 17.9 Å². The molecule has 0 rings (SSSR count). The second kappa shape index (κ2) is 51.5. The van der Waals surface area contributed by atoms with Crippen molar-refractivity contribution in [3.05, 3.63) is 72.9 Å². The van der Waals surface area contributed by atoms with Crippen LogP contribution in [-0.2, 0) is 28.6 Å². The second-order valence-electron chi connectivity index (χ2n) is 17.5. The summed E-state index contributed by atoms with van der Waals surface area (Å²) in [6, 6.07) is 0. The van der Waals surface area contributed by atoms with Crippen LogP contribution < -0.4 is 0 Å². The Balaban J connectivity index is 4.38. The van der Waals surface area contributed by atoms with Crippen molar-refractivity contribution in [2.75, 3.05) is 13.2 Å². The van der Waals surface area contributed by atoms with E-state index in [1.54, 1.807) is 0 Å². The van der Waals surface area contributed by atoms with E-state index in [-0.39, 0.29) is 31.1 Å². The number of allylic oxidation sites excluding steroid dienone is 12. The van der Waals surface area contributed by atoms with E-state index in [1.807, 2.05) is 18.2 Å². The molecule has 6 heteroatoms. The zero-order chi connectivity index (χ0) is 45.8. The fourth-order valence-electron chi connectivity index (χ4n) is 7.37. The molecule has 0 aliphatic heterocycles. The minimum absolute atomic E-state index is 0.0882. The summed E-state index contributed by atoms with van der Waals surface area (Å²) in [7, 11) is 0. The van der Waals surface area contributed by atoms with Gasteiger partial charge in [0.2, 0.25) is 0 Å². The molecule has 0 aromatic carbocycles. The molecule has 0 saturated carbocycles. The highest BCUT2D eigenvalue weighted by Gasteiger charge is 2.19. The van der Waals surface area contributed by atoms with Gasteiger partial charge in [-0.15, -0.1) is 0 Å². The quantitative estimate of drug-likeness (QED) is 0.0199. The molecule has 0 aromatic rings. The molecule has 0 saturated heterocycles. The van der Waals surface area contributed by atoms with Crippen LogP contribution in [0.2, 0.25) is 0 Å². The third-order valence-electron chi connectivity index (χ3n) is 11.3. The van der Waals surface area contributed by atoms with Crippen LogP contribution in [0.5, 0.6) is 0 Å². The SMILES string of the molecule is CC\C=C/C=C\C=C/C=C\CCCCCCCC(=O)OC(COC(=O)CCCCCCC/C=C\C/C=C\CC)COC(=O)CCCCCCCCCCCCCCCCCCCC. The van der Waals surface area contributed by atoms with Gasteiger partial charge in [-0.1, -0.05) is 241 Å². The Kier molecular flexibility index (Phi) is 48.9. The summed E-state index contributed by atoms with van der Waals surface area (Å²) in [6.07, 6.45) is 64.6.